The van der Waals surface area contributed by atoms with Crippen molar-refractivity contribution in [2.24, 2.45) is 0 Å². The Morgan fingerprint density at radius 1 is 1.18 bits per heavy atom. The second kappa shape index (κ2) is 5.64. The van der Waals surface area contributed by atoms with E-state index in [9.17, 15) is 4.79 Å². The molecule has 0 saturated carbocycles. The molecule has 0 radical (unpaired) electrons. The molecule has 0 heterocycles. The Bertz CT molecular complexity index is 439. The summed E-state index contributed by atoms with van der Waals surface area (Å²) in [6, 6.07) is 9.89. The number of aliphatic carboxylic acids is 1. The molecular formula is C14H18O2Si. The molecule has 1 N–H and O–H groups in total. The summed E-state index contributed by atoms with van der Waals surface area (Å²) in [5.41, 5.74) is 1.09. The van der Waals surface area contributed by atoms with Crippen molar-refractivity contribution in [3.8, 4) is 0 Å². The van der Waals surface area contributed by atoms with Gasteiger partial charge in [0, 0.05) is 6.08 Å². The maximum absolute atomic E-state index is 10.8. The zero-order valence-corrected chi connectivity index (χ0v) is 11.5. The average molecular weight is 246 g/mol. The van der Waals surface area contributed by atoms with Crippen molar-refractivity contribution in [1.29, 1.82) is 0 Å². The van der Waals surface area contributed by atoms with E-state index in [0.717, 1.165) is 10.8 Å². The highest BCUT2D eigenvalue weighted by atomic mass is 28.3. The summed E-state index contributed by atoms with van der Waals surface area (Å²) in [6.45, 7) is 6.41. The fraction of sp³-hybridized carbons (Fsp3) is 0.214. The van der Waals surface area contributed by atoms with Crippen molar-refractivity contribution in [1.82, 2.24) is 0 Å². The fourth-order valence-corrected chi connectivity index (χ4v) is 2.54. The van der Waals surface area contributed by atoms with E-state index >= 15 is 0 Å². The van der Waals surface area contributed by atoms with E-state index in [1.165, 1.54) is 6.08 Å². The standard InChI is InChI=1S/C14H18O2Si/c1-17(2,3)13(11-14(15)16)10-9-12-7-5-4-6-8-12/h4-11H,1-3H3,(H,15,16)/b10-9+,13-11+. The lowest BCUT2D eigenvalue weighted by atomic mass is 10.2. The molecule has 0 spiro atoms. The van der Waals surface area contributed by atoms with Crippen LogP contribution in [0, 0.1) is 0 Å². The Hall–Kier alpha value is -1.61. The third-order valence-electron chi connectivity index (χ3n) is 2.40. The SMILES string of the molecule is C[Si](C)(C)C(/C=C/c1ccccc1)=C/C(=O)O. The lowest BCUT2D eigenvalue weighted by Gasteiger charge is -2.17. The molecule has 0 unspecified atom stereocenters. The van der Waals surface area contributed by atoms with Crippen LogP contribution in [0.2, 0.25) is 19.6 Å². The molecule has 0 atom stereocenters. The largest absolute Gasteiger partial charge is 0.478 e. The summed E-state index contributed by atoms with van der Waals surface area (Å²) in [5.74, 6) is -0.875. The van der Waals surface area contributed by atoms with Gasteiger partial charge in [0.2, 0.25) is 0 Å². The van der Waals surface area contributed by atoms with Gasteiger partial charge in [-0.15, -0.1) is 0 Å². The zero-order chi connectivity index (χ0) is 12.9. The Morgan fingerprint density at radius 2 is 1.76 bits per heavy atom. The molecule has 1 aromatic rings. The van der Waals surface area contributed by atoms with E-state index in [0.29, 0.717) is 0 Å². The van der Waals surface area contributed by atoms with Crippen molar-refractivity contribution in [3.63, 3.8) is 0 Å². The second-order valence-corrected chi connectivity index (χ2v) is 10.0. The van der Waals surface area contributed by atoms with Crippen molar-refractivity contribution < 1.29 is 9.90 Å². The number of allylic oxidation sites excluding steroid dienone is 2. The number of carboxylic acid groups (broad SMARTS) is 1. The van der Waals surface area contributed by atoms with Gasteiger partial charge < -0.3 is 5.11 Å². The third kappa shape index (κ3) is 4.83. The molecule has 0 aliphatic carbocycles. The van der Waals surface area contributed by atoms with Crippen LogP contribution in [0.1, 0.15) is 5.56 Å². The lowest BCUT2D eigenvalue weighted by Crippen LogP contribution is -2.23. The van der Waals surface area contributed by atoms with Crippen LogP contribution in [0.25, 0.3) is 6.08 Å². The fourth-order valence-electron chi connectivity index (χ4n) is 1.40. The minimum absolute atomic E-state index is 0.875. The second-order valence-electron chi connectivity index (χ2n) is 4.93. The van der Waals surface area contributed by atoms with Crippen LogP contribution >= 0.6 is 0 Å². The maximum atomic E-state index is 10.8. The monoisotopic (exact) mass is 246 g/mol. The molecule has 0 bridgehead atoms. The topological polar surface area (TPSA) is 37.3 Å². The summed E-state index contributed by atoms with van der Waals surface area (Å²) in [7, 11) is -1.61. The van der Waals surface area contributed by atoms with Crippen LogP contribution in [0.4, 0.5) is 0 Å². The third-order valence-corrected chi connectivity index (χ3v) is 4.44. The molecule has 1 rings (SSSR count). The van der Waals surface area contributed by atoms with Crippen LogP contribution < -0.4 is 0 Å². The Kier molecular flexibility index (Phi) is 4.46. The van der Waals surface area contributed by atoms with Crippen LogP contribution in [-0.2, 0) is 4.79 Å². The Balaban J connectivity index is 2.96. The minimum atomic E-state index is -1.61. The van der Waals surface area contributed by atoms with Gasteiger partial charge in [0.1, 0.15) is 0 Å². The summed E-state index contributed by atoms with van der Waals surface area (Å²) in [5, 5.41) is 9.80. The average Bonchev–Trinajstić information content (AvgIpc) is 2.23. The van der Waals surface area contributed by atoms with E-state index < -0.39 is 14.0 Å². The molecule has 0 aromatic heterocycles. The Morgan fingerprint density at radius 3 is 2.24 bits per heavy atom. The normalized spacial score (nSPS) is 13.0. The molecule has 0 amide bonds. The summed E-state index contributed by atoms with van der Waals surface area (Å²) in [6.07, 6.45) is 5.22. The summed E-state index contributed by atoms with van der Waals surface area (Å²) in [4.78, 5) is 10.8. The number of hydrogen-bond donors (Lipinski definition) is 1. The molecule has 0 aliphatic rings. The molecule has 0 saturated heterocycles. The number of rotatable bonds is 4. The van der Waals surface area contributed by atoms with Gasteiger partial charge in [0.15, 0.2) is 0 Å². The lowest BCUT2D eigenvalue weighted by molar-refractivity contribution is -0.131. The van der Waals surface area contributed by atoms with Crippen molar-refractivity contribution >= 4 is 20.1 Å². The van der Waals surface area contributed by atoms with Crippen molar-refractivity contribution in [2.75, 3.05) is 0 Å². The Labute approximate surface area is 103 Å². The quantitative estimate of drug-likeness (QED) is 0.501. The molecule has 1 aromatic carbocycles. The highest BCUT2D eigenvalue weighted by Gasteiger charge is 2.18. The molecule has 3 heteroatoms. The van der Waals surface area contributed by atoms with Gasteiger partial charge in [-0.05, 0) is 5.56 Å². The van der Waals surface area contributed by atoms with E-state index in [4.69, 9.17) is 5.11 Å². The van der Waals surface area contributed by atoms with Crippen LogP contribution in [-0.4, -0.2) is 19.1 Å². The van der Waals surface area contributed by atoms with E-state index in [2.05, 4.69) is 19.6 Å². The van der Waals surface area contributed by atoms with Crippen molar-refractivity contribution in [3.05, 3.63) is 53.2 Å². The van der Waals surface area contributed by atoms with Crippen LogP contribution in [0.3, 0.4) is 0 Å². The zero-order valence-electron chi connectivity index (χ0n) is 10.5. The van der Waals surface area contributed by atoms with E-state index in [1.54, 1.807) is 0 Å². The highest BCUT2D eigenvalue weighted by Crippen LogP contribution is 2.17. The van der Waals surface area contributed by atoms with E-state index in [1.807, 2.05) is 42.5 Å². The predicted molar refractivity (Wildman–Crippen MR) is 74.5 cm³/mol. The molecule has 0 aliphatic heterocycles. The first-order chi connectivity index (χ1) is 7.89. The van der Waals surface area contributed by atoms with Gasteiger partial charge >= 0.3 is 5.97 Å². The summed E-state index contributed by atoms with van der Waals surface area (Å²) < 4.78 is 0. The van der Waals surface area contributed by atoms with E-state index in [-0.39, 0.29) is 0 Å². The van der Waals surface area contributed by atoms with Gasteiger partial charge in [0.05, 0.1) is 8.07 Å². The molecule has 0 fully saturated rings. The molecular weight excluding hydrogens is 228 g/mol. The maximum Gasteiger partial charge on any atom is 0.328 e. The van der Waals surface area contributed by atoms with Gasteiger partial charge in [-0.2, -0.15) is 0 Å². The number of benzene rings is 1. The predicted octanol–water partition coefficient (Wildman–Crippen LogP) is 3.59. The summed E-state index contributed by atoms with van der Waals surface area (Å²) >= 11 is 0. The van der Waals surface area contributed by atoms with Crippen LogP contribution in [0.5, 0.6) is 0 Å². The van der Waals surface area contributed by atoms with Gasteiger partial charge in [-0.3, -0.25) is 0 Å². The van der Waals surface area contributed by atoms with Crippen molar-refractivity contribution in [2.45, 2.75) is 19.6 Å². The molecule has 90 valence electrons. The molecule has 2 nitrogen and oxygen atoms in total. The van der Waals surface area contributed by atoms with Gasteiger partial charge in [0.25, 0.3) is 0 Å². The molecule has 17 heavy (non-hydrogen) atoms. The first kappa shape index (κ1) is 13.5. The smallest absolute Gasteiger partial charge is 0.328 e. The van der Waals surface area contributed by atoms with Crippen LogP contribution in [0.15, 0.2) is 47.7 Å². The number of carboxylic acids is 1. The minimum Gasteiger partial charge on any atom is -0.478 e. The first-order valence-corrected chi connectivity index (χ1v) is 9.08. The van der Waals surface area contributed by atoms with Gasteiger partial charge in [-0.25, -0.2) is 4.79 Å². The van der Waals surface area contributed by atoms with Gasteiger partial charge in [-0.1, -0.05) is 67.3 Å². The number of hydrogen-bond acceptors (Lipinski definition) is 1. The highest BCUT2D eigenvalue weighted by molar-refractivity contribution is 6.84. The first-order valence-electron chi connectivity index (χ1n) is 5.58. The number of carbonyl (C=O) groups is 1.